The smallest absolute Gasteiger partial charge is 0.0495 e. The molecule has 0 radical (unpaired) electrons. The van der Waals surface area contributed by atoms with Gasteiger partial charge in [0, 0.05) is 39.4 Å². The topological polar surface area (TPSA) is 15.7 Å². The molecule has 0 spiro atoms. The molecule has 0 N–H and O–H groups in total. The molecule has 2 aliphatic heterocycles. The number of likely N-dealkylation sites (N-methyl/N-ethyl adjacent to an activating group) is 1. The maximum absolute atomic E-state index is 5.39. The summed E-state index contributed by atoms with van der Waals surface area (Å²) in [5, 5.41) is 0. The molecule has 2 heterocycles. The molecule has 2 saturated heterocycles. The van der Waals surface area contributed by atoms with Gasteiger partial charge in [-0.05, 0) is 32.4 Å². The normalized spacial score (nSPS) is 31.1. The number of nitrogens with zero attached hydrogens (tertiary/aromatic N) is 2. The van der Waals surface area contributed by atoms with Gasteiger partial charge in [-0.25, -0.2) is 0 Å². The zero-order valence-corrected chi connectivity index (χ0v) is 9.24. The van der Waals surface area contributed by atoms with Crippen LogP contribution in [0, 0.1) is 5.92 Å². The van der Waals surface area contributed by atoms with E-state index in [4.69, 9.17) is 4.74 Å². The third-order valence-electron chi connectivity index (χ3n) is 3.47. The minimum Gasteiger partial charge on any atom is -0.381 e. The molecule has 3 nitrogen and oxygen atoms in total. The molecule has 2 aliphatic rings. The standard InChI is InChI=1S/C11H22N2O/c1-12-5-7-13(8-6-12)4-2-11-3-9-14-10-11/h11H,2-10H2,1H3. The second kappa shape index (κ2) is 5.10. The van der Waals surface area contributed by atoms with Crippen molar-refractivity contribution in [3.05, 3.63) is 0 Å². The Balaban J connectivity index is 1.60. The maximum atomic E-state index is 5.39. The van der Waals surface area contributed by atoms with Gasteiger partial charge in [-0.1, -0.05) is 0 Å². The largest absolute Gasteiger partial charge is 0.381 e. The van der Waals surface area contributed by atoms with Crippen molar-refractivity contribution in [1.29, 1.82) is 0 Å². The fourth-order valence-electron chi connectivity index (χ4n) is 2.25. The quantitative estimate of drug-likeness (QED) is 0.662. The summed E-state index contributed by atoms with van der Waals surface area (Å²) in [6.45, 7) is 8.26. The number of hydrogen-bond donors (Lipinski definition) is 0. The van der Waals surface area contributed by atoms with Crippen molar-refractivity contribution in [3.63, 3.8) is 0 Å². The highest BCUT2D eigenvalue weighted by molar-refractivity contribution is 4.72. The first kappa shape index (κ1) is 10.4. The van der Waals surface area contributed by atoms with Gasteiger partial charge in [0.15, 0.2) is 0 Å². The molecule has 0 aromatic rings. The molecular weight excluding hydrogens is 176 g/mol. The molecule has 0 aliphatic carbocycles. The van der Waals surface area contributed by atoms with Crippen molar-refractivity contribution in [3.8, 4) is 0 Å². The molecule has 2 fully saturated rings. The summed E-state index contributed by atoms with van der Waals surface area (Å²) < 4.78 is 5.39. The predicted octanol–water partition coefficient (Wildman–Crippen LogP) is 0.660. The fourth-order valence-corrected chi connectivity index (χ4v) is 2.25. The highest BCUT2D eigenvalue weighted by atomic mass is 16.5. The van der Waals surface area contributed by atoms with E-state index in [9.17, 15) is 0 Å². The van der Waals surface area contributed by atoms with Crippen LogP contribution in [0.3, 0.4) is 0 Å². The first-order valence-electron chi connectivity index (χ1n) is 5.83. The summed E-state index contributed by atoms with van der Waals surface area (Å²) in [6.07, 6.45) is 2.62. The monoisotopic (exact) mass is 198 g/mol. The summed E-state index contributed by atoms with van der Waals surface area (Å²) >= 11 is 0. The van der Waals surface area contributed by atoms with Crippen LogP contribution >= 0.6 is 0 Å². The van der Waals surface area contributed by atoms with Gasteiger partial charge < -0.3 is 14.5 Å². The maximum Gasteiger partial charge on any atom is 0.0495 e. The van der Waals surface area contributed by atoms with Crippen molar-refractivity contribution in [1.82, 2.24) is 9.80 Å². The SMILES string of the molecule is CN1CCN(CCC2CCOC2)CC1. The minimum absolute atomic E-state index is 0.842. The highest BCUT2D eigenvalue weighted by Gasteiger charge is 2.18. The van der Waals surface area contributed by atoms with Gasteiger partial charge in [-0.2, -0.15) is 0 Å². The van der Waals surface area contributed by atoms with Crippen LogP contribution in [-0.4, -0.2) is 62.8 Å². The Labute approximate surface area is 87.0 Å². The van der Waals surface area contributed by atoms with Crippen LogP contribution in [0.25, 0.3) is 0 Å². The van der Waals surface area contributed by atoms with E-state index in [2.05, 4.69) is 16.8 Å². The summed E-state index contributed by atoms with van der Waals surface area (Å²) in [6, 6.07) is 0. The van der Waals surface area contributed by atoms with Gasteiger partial charge in [-0.3, -0.25) is 0 Å². The van der Waals surface area contributed by atoms with Crippen LogP contribution < -0.4 is 0 Å². The van der Waals surface area contributed by atoms with Crippen LogP contribution in [0.5, 0.6) is 0 Å². The molecule has 14 heavy (non-hydrogen) atoms. The lowest BCUT2D eigenvalue weighted by Gasteiger charge is -2.32. The molecule has 0 amide bonds. The summed E-state index contributed by atoms with van der Waals surface area (Å²) in [4.78, 5) is 5.01. The number of hydrogen-bond acceptors (Lipinski definition) is 3. The molecule has 0 aromatic carbocycles. The molecule has 0 saturated carbocycles. The molecule has 1 unspecified atom stereocenters. The lowest BCUT2D eigenvalue weighted by Crippen LogP contribution is -2.44. The van der Waals surface area contributed by atoms with Gasteiger partial charge in [0.25, 0.3) is 0 Å². The average Bonchev–Trinajstić information content (AvgIpc) is 2.70. The van der Waals surface area contributed by atoms with Crippen molar-refractivity contribution in [2.75, 3.05) is 53.0 Å². The average molecular weight is 198 g/mol. The van der Waals surface area contributed by atoms with E-state index in [0.717, 1.165) is 19.1 Å². The van der Waals surface area contributed by atoms with E-state index >= 15 is 0 Å². The predicted molar refractivity (Wildman–Crippen MR) is 57.5 cm³/mol. The van der Waals surface area contributed by atoms with E-state index in [1.807, 2.05) is 0 Å². The Bertz CT molecular complexity index is 161. The Hall–Kier alpha value is -0.120. The third kappa shape index (κ3) is 2.94. The van der Waals surface area contributed by atoms with Crippen LogP contribution in [0.15, 0.2) is 0 Å². The molecule has 3 heteroatoms. The van der Waals surface area contributed by atoms with Crippen LogP contribution in [0.4, 0.5) is 0 Å². The van der Waals surface area contributed by atoms with Crippen molar-refractivity contribution in [2.45, 2.75) is 12.8 Å². The van der Waals surface area contributed by atoms with Crippen molar-refractivity contribution < 1.29 is 4.74 Å². The molecular formula is C11H22N2O. The van der Waals surface area contributed by atoms with E-state index in [1.165, 1.54) is 45.6 Å². The first-order valence-corrected chi connectivity index (χ1v) is 5.83. The van der Waals surface area contributed by atoms with Gasteiger partial charge in [0.05, 0.1) is 0 Å². The Morgan fingerprint density at radius 2 is 2.00 bits per heavy atom. The molecule has 0 aromatic heterocycles. The second-order valence-corrected chi connectivity index (χ2v) is 4.66. The zero-order chi connectivity index (χ0) is 9.80. The lowest BCUT2D eigenvalue weighted by molar-refractivity contribution is 0.141. The minimum atomic E-state index is 0.842. The van der Waals surface area contributed by atoms with Crippen LogP contribution in [-0.2, 0) is 4.74 Å². The first-order chi connectivity index (χ1) is 6.84. The van der Waals surface area contributed by atoms with Crippen LogP contribution in [0.2, 0.25) is 0 Å². The summed E-state index contributed by atoms with van der Waals surface area (Å²) in [5.41, 5.74) is 0. The molecule has 82 valence electrons. The zero-order valence-electron chi connectivity index (χ0n) is 9.24. The number of piperazine rings is 1. The van der Waals surface area contributed by atoms with Gasteiger partial charge in [0.2, 0.25) is 0 Å². The number of ether oxygens (including phenoxy) is 1. The van der Waals surface area contributed by atoms with Gasteiger partial charge in [0.1, 0.15) is 0 Å². The van der Waals surface area contributed by atoms with Crippen molar-refractivity contribution in [2.24, 2.45) is 5.92 Å². The molecule has 2 rings (SSSR count). The van der Waals surface area contributed by atoms with E-state index in [-0.39, 0.29) is 0 Å². The third-order valence-corrected chi connectivity index (χ3v) is 3.47. The van der Waals surface area contributed by atoms with Gasteiger partial charge in [-0.15, -0.1) is 0 Å². The summed E-state index contributed by atoms with van der Waals surface area (Å²) in [5.74, 6) is 0.842. The Morgan fingerprint density at radius 1 is 1.21 bits per heavy atom. The lowest BCUT2D eigenvalue weighted by atomic mass is 10.0. The van der Waals surface area contributed by atoms with E-state index in [1.54, 1.807) is 0 Å². The van der Waals surface area contributed by atoms with Crippen LogP contribution in [0.1, 0.15) is 12.8 Å². The Kier molecular flexibility index (Phi) is 3.79. The fraction of sp³-hybridized carbons (Fsp3) is 1.00. The number of rotatable bonds is 3. The Morgan fingerprint density at radius 3 is 2.64 bits per heavy atom. The summed E-state index contributed by atoms with van der Waals surface area (Å²) in [7, 11) is 2.21. The van der Waals surface area contributed by atoms with Crippen molar-refractivity contribution >= 4 is 0 Å². The second-order valence-electron chi connectivity index (χ2n) is 4.66. The molecule has 0 bridgehead atoms. The van der Waals surface area contributed by atoms with Gasteiger partial charge >= 0.3 is 0 Å². The van der Waals surface area contributed by atoms with E-state index < -0.39 is 0 Å². The molecule has 1 atom stereocenters. The van der Waals surface area contributed by atoms with E-state index in [0.29, 0.717) is 0 Å². The highest BCUT2D eigenvalue weighted by Crippen LogP contribution is 2.16.